The highest BCUT2D eigenvalue weighted by Crippen LogP contribution is 2.23. The van der Waals surface area contributed by atoms with Crippen molar-refractivity contribution in [1.29, 1.82) is 0 Å². The number of aromatic amines is 1. The van der Waals surface area contributed by atoms with Gasteiger partial charge in [-0.2, -0.15) is 4.98 Å². The number of aromatic nitrogens is 3. The summed E-state index contributed by atoms with van der Waals surface area (Å²) in [5.41, 5.74) is -0.370. The minimum atomic E-state index is -0.370. The first-order chi connectivity index (χ1) is 9.06. The zero-order valence-electron chi connectivity index (χ0n) is 12.1. The fraction of sp³-hybridized carbons (Fsp3) is 0.846. The summed E-state index contributed by atoms with van der Waals surface area (Å²) in [7, 11) is 1.99. The van der Waals surface area contributed by atoms with E-state index in [0.717, 1.165) is 31.4 Å². The normalized spacial score (nSPS) is 20.8. The van der Waals surface area contributed by atoms with Gasteiger partial charge in [-0.05, 0) is 32.4 Å². The van der Waals surface area contributed by atoms with E-state index >= 15 is 0 Å². The molecule has 0 aliphatic carbocycles. The molecule has 6 heteroatoms. The monoisotopic (exact) mass is 267 g/mol. The van der Waals surface area contributed by atoms with Crippen LogP contribution >= 0.6 is 0 Å². The Kier molecular flexibility index (Phi) is 4.42. The molecule has 0 bridgehead atoms. The predicted molar refractivity (Wildman–Crippen MR) is 75.4 cm³/mol. The van der Waals surface area contributed by atoms with Crippen LogP contribution in [0.5, 0.6) is 0 Å². The fourth-order valence-electron chi connectivity index (χ4n) is 2.47. The number of anilines is 1. The quantitative estimate of drug-likeness (QED) is 0.724. The lowest BCUT2D eigenvalue weighted by Crippen LogP contribution is -2.39. The average Bonchev–Trinajstić information content (AvgIpc) is 2.90. The Labute approximate surface area is 114 Å². The van der Waals surface area contributed by atoms with E-state index in [1.807, 2.05) is 20.9 Å². The molecular formula is C13H25N5O. The van der Waals surface area contributed by atoms with E-state index < -0.39 is 0 Å². The van der Waals surface area contributed by atoms with Gasteiger partial charge in [0.1, 0.15) is 5.82 Å². The molecule has 1 fully saturated rings. The number of rotatable bonds is 5. The molecule has 0 radical (unpaired) electrons. The van der Waals surface area contributed by atoms with Crippen LogP contribution in [0.1, 0.15) is 32.5 Å². The summed E-state index contributed by atoms with van der Waals surface area (Å²) in [5.74, 6) is 2.17. The first kappa shape index (κ1) is 14.3. The molecule has 19 heavy (non-hydrogen) atoms. The summed E-state index contributed by atoms with van der Waals surface area (Å²) in [4.78, 5) is 6.78. The SMILES string of the molecule is CNCC1CCCN(c2n[nH]c(C(C)(C)CO)n2)C1. The maximum absolute atomic E-state index is 9.37. The Morgan fingerprint density at radius 1 is 1.53 bits per heavy atom. The lowest BCUT2D eigenvalue weighted by atomic mass is 9.94. The molecule has 1 aromatic heterocycles. The van der Waals surface area contributed by atoms with E-state index in [0.29, 0.717) is 5.92 Å². The van der Waals surface area contributed by atoms with E-state index in [2.05, 4.69) is 25.4 Å². The van der Waals surface area contributed by atoms with Crippen molar-refractivity contribution in [1.82, 2.24) is 20.5 Å². The van der Waals surface area contributed by atoms with Crippen molar-refractivity contribution in [2.24, 2.45) is 5.92 Å². The van der Waals surface area contributed by atoms with E-state index in [-0.39, 0.29) is 12.0 Å². The molecule has 2 rings (SSSR count). The van der Waals surface area contributed by atoms with Gasteiger partial charge in [0.15, 0.2) is 0 Å². The van der Waals surface area contributed by atoms with Gasteiger partial charge in [0.25, 0.3) is 0 Å². The van der Waals surface area contributed by atoms with Crippen molar-refractivity contribution in [2.45, 2.75) is 32.1 Å². The van der Waals surface area contributed by atoms with Crippen molar-refractivity contribution < 1.29 is 5.11 Å². The number of hydrogen-bond donors (Lipinski definition) is 3. The molecule has 1 aliphatic rings. The summed E-state index contributed by atoms with van der Waals surface area (Å²) in [6, 6.07) is 0. The Bertz CT molecular complexity index is 401. The first-order valence-electron chi connectivity index (χ1n) is 7.00. The zero-order chi connectivity index (χ0) is 13.9. The summed E-state index contributed by atoms with van der Waals surface area (Å²) in [5, 5.41) is 19.9. The molecule has 1 atom stereocenters. The number of hydrogen-bond acceptors (Lipinski definition) is 5. The van der Waals surface area contributed by atoms with Gasteiger partial charge < -0.3 is 15.3 Å². The molecule has 108 valence electrons. The molecule has 3 N–H and O–H groups in total. The van der Waals surface area contributed by atoms with Crippen LogP contribution in [0.15, 0.2) is 0 Å². The molecule has 1 aliphatic heterocycles. The van der Waals surface area contributed by atoms with E-state index in [1.165, 1.54) is 12.8 Å². The zero-order valence-corrected chi connectivity index (χ0v) is 12.1. The number of piperidine rings is 1. The van der Waals surface area contributed by atoms with Crippen molar-refractivity contribution in [3.63, 3.8) is 0 Å². The van der Waals surface area contributed by atoms with Crippen molar-refractivity contribution in [3.8, 4) is 0 Å². The standard InChI is InChI=1S/C13H25N5O/c1-13(2,9-19)11-15-12(17-16-11)18-6-4-5-10(8-18)7-14-3/h10,14,19H,4-9H2,1-3H3,(H,15,16,17). The van der Waals surface area contributed by atoms with Gasteiger partial charge in [0.05, 0.1) is 6.61 Å². The van der Waals surface area contributed by atoms with Gasteiger partial charge in [-0.1, -0.05) is 13.8 Å². The van der Waals surface area contributed by atoms with Gasteiger partial charge >= 0.3 is 0 Å². The molecule has 0 spiro atoms. The molecular weight excluding hydrogens is 242 g/mol. The van der Waals surface area contributed by atoms with Crippen LogP contribution in [0.2, 0.25) is 0 Å². The molecule has 1 aromatic rings. The second-order valence-electron chi connectivity index (χ2n) is 6.04. The molecule has 2 heterocycles. The Balaban J connectivity index is 2.06. The lowest BCUT2D eigenvalue weighted by Gasteiger charge is -2.31. The van der Waals surface area contributed by atoms with Crippen LogP contribution in [0.25, 0.3) is 0 Å². The van der Waals surface area contributed by atoms with E-state index in [9.17, 15) is 5.11 Å². The second-order valence-corrected chi connectivity index (χ2v) is 6.04. The summed E-state index contributed by atoms with van der Waals surface area (Å²) in [6.07, 6.45) is 2.44. The van der Waals surface area contributed by atoms with E-state index in [1.54, 1.807) is 0 Å². The fourth-order valence-corrected chi connectivity index (χ4v) is 2.47. The Hall–Kier alpha value is -1.14. The van der Waals surface area contributed by atoms with Crippen LogP contribution in [0.3, 0.4) is 0 Å². The van der Waals surface area contributed by atoms with Crippen LogP contribution in [-0.4, -0.2) is 53.6 Å². The minimum Gasteiger partial charge on any atom is -0.395 e. The minimum absolute atomic E-state index is 0.0595. The van der Waals surface area contributed by atoms with Crippen LogP contribution < -0.4 is 10.2 Å². The molecule has 0 amide bonds. The lowest BCUT2D eigenvalue weighted by molar-refractivity contribution is 0.212. The Morgan fingerprint density at radius 3 is 3.00 bits per heavy atom. The van der Waals surface area contributed by atoms with Gasteiger partial charge in [-0.25, -0.2) is 0 Å². The number of nitrogens with one attached hydrogen (secondary N) is 2. The van der Waals surface area contributed by atoms with E-state index in [4.69, 9.17) is 0 Å². The smallest absolute Gasteiger partial charge is 0.244 e. The largest absolute Gasteiger partial charge is 0.395 e. The number of aliphatic hydroxyl groups is 1. The van der Waals surface area contributed by atoms with Crippen LogP contribution in [0, 0.1) is 5.92 Å². The van der Waals surface area contributed by atoms with Crippen LogP contribution in [-0.2, 0) is 5.41 Å². The van der Waals surface area contributed by atoms with Crippen LogP contribution in [0.4, 0.5) is 5.95 Å². The van der Waals surface area contributed by atoms with Gasteiger partial charge in [-0.3, -0.25) is 5.10 Å². The molecule has 1 unspecified atom stereocenters. The summed E-state index contributed by atoms with van der Waals surface area (Å²) in [6.45, 7) is 7.02. The second kappa shape index (κ2) is 5.88. The highest BCUT2D eigenvalue weighted by molar-refractivity contribution is 5.30. The first-order valence-corrected chi connectivity index (χ1v) is 7.00. The molecule has 1 saturated heterocycles. The highest BCUT2D eigenvalue weighted by atomic mass is 16.3. The molecule has 6 nitrogen and oxygen atoms in total. The third kappa shape index (κ3) is 3.25. The molecule has 0 aromatic carbocycles. The molecule has 0 saturated carbocycles. The highest BCUT2D eigenvalue weighted by Gasteiger charge is 2.27. The number of H-pyrrole nitrogens is 1. The van der Waals surface area contributed by atoms with Crippen molar-refractivity contribution in [2.75, 3.05) is 38.2 Å². The summed E-state index contributed by atoms with van der Waals surface area (Å²) < 4.78 is 0. The van der Waals surface area contributed by atoms with Gasteiger partial charge in [-0.15, -0.1) is 5.10 Å². The Morgan fingerprint density at radius 2 is 2.32 bits per heavy atom. The third-order valence-electron chi connectivity index (χ3n) is 3.80. The third-order valence-corrected chi connectivity index (χ3v) is 3.80. The predicted octanol–water partition coefficient (Wildman–Crippen LogP) is 0.510. The summed E-state index contributed by atoms with van der Waals surface area (Å²) >= 11 is 0. The van der Waals surface area contributed by atoms with Gasteiger partial charge in [0.2, 0.25) is 5.95 Å². The topological polar surface area (TPSA) is 77.1 Å². The van der Waals surface area contributed by atoms with Crippen molar-refractivity contribution in [3.05, 3.63) is 5.82 Å². The maximum Gasteiger partial charge on any atom is 0.244 e. The average molecular weight is 267 g/mol. The number of nitrogens with zero attached hydrogens (tertiary/aromatic N) is 3. The van der Waals surface area contributed by atoms with Crippen molar-refractivity contribution >= 4 is 5.95 Å². The van der Waals surface area contributed by atoms with Gasteiger partial charge in [0, 0.05) is 18.5 Å². The number of aliphatic hydroxyl groups excluding tert-OH is 1. The maximum atomic E-state index is 9.37.